The summed E-state index contributed by atoms with van der Waals surface area (Å²) in [5, 5.41) is 93.8. The Hall–Kier alpha value is -2.64. The van der Waals surface area contributed by atoms with E-state index < -0.39 is 78.3 Å². The molecule has 2 unspecified atom stereocenters. The number of nitrogens with one attached hydrogen (secondary N) is 1. The summed E-state index contributed by atoms with van der Waals surface area (Å²) in [5.41, 5.74) is 0. The fraction of sp³-hybridized carbons (Fsp3) is 0.918. The Morgan fingerprint density at radius 1 is 0.568 bits per heavy atom. The van der Waals surface area contributed by atoms with Crippen LogP contribution in [0.15, 0.2) is 0 Å². The van der Waals surface area contributed by atoms with E-state index in [-0.39, 0.29) is 149 Å². The van der Waals surface area contributed by atoms with E-state index in [0.717, 1.165) is 0 Å². The predicted octanol–water partition coefficient (Wildman–Crippen LogP) is 1.61. The van der Waals surface area contributed by atoms with Crippen molar-refractivity contribution in [1.82, 2.24) is 5.32 Å². The van der Waals surface area contributed by atoms with Gasteiger partial charge in [0.25, 0.3) is 0 Å². The van der Waals surface area contributed by atoms with Gasteiger partial charge in [-0.3, -0.25) is 14.4 Å². The van der Waals surface area contributed by atoms with E-state index >= 15 is 0 Å². The Labute approximate surface area is 445 Å². The standard InChI is InChI=1S/C13H25NO7.C13H24O7.C8H16O5.C8H18O5.7CH4/c1-4-13(9-16,19-3)21-10(7-15)8-20-12(18)6-5-11(17)14-2;1-4-13(9-15,18-3)20-11(7-14)8-19-12(17)6-5-10(2)16;1-3-8(12-2)7(11)6(10)5(4-9)13-8;1-3-8(6-11,12-2)13-7(4-9)5-10;;;;;;;/h10,15-16H,4-9H2,1-3H3,(H,14,17);11,14-15H,4-9H2,1-3H3;5-7,9-11H,3-4H2,1-2H3;7,9-11H,3-6H2,1-2H3;7*1H4/t10?,13-;11?,13-;5-,6+,7+,8-;8-;;;;;;;/m1111......./s1. The van der Waals surface area contributed by atoms with Crippen LogP contribution in [0.5, 0.6) is 0 Å². The Morgan fingerprint density at radius 2 is 0.905 bits per heavy atom. The summed E-state index contributed by atoms with van der Waals surface area (Å²) in [5.74, 6) is -6.20. The van der Waals surface area contributed by atoms with Gasteiger partial charge in [-0.1, -0.05) is 79.7 Å². The predicted molar refractivity (Wildman–Crippen MR) is 281 cm³/mol. The molecule has 1 heterocycles. The molecule has 0 saturated carbocycles. The van der Waals surface area contributed by atoms with Crippen LogP contribution in [0.3, 0.4) is 0 Å². The number of carbonyl (C=O) groups is 4. The number of ether oxygens (including phenoxy) is 10. The summed E-state index contributed by atoms with van der Waals surface area (Å²) >= 11 is 0. The fourth-order valence-electron chi connectivity index (χ4n) is 5.50. The van der Waals surface area contributed by atoms with E-state index in [4.69, 9.17) is 67.8 Å². The van der Waals surface area contributed by atoms with Crippen molar-refractivity contribution in [2.24, 2.45) is 0 Å². The van der Waals surface area contributed by atoms with E-state index in [1.165, 1.54) is 42.4 Å². The van der Waals surface area contributed by atoms with Crippen molar-refractivity contribution < 1.29 is 118 Å². The second kappa shape index (κ2) is 52.4. The monoisotopic (exact) mass is 1100 g/mol. The van der Waals surface area contributed by atoms with Gasteiger partial charge in [0.15, 0.2) is 23.1 Å². The van der Waals surface area contributed by atoms with Crippen molar-refractivity contribution in [3.05, 3.63) is 0 Å². The number of hydrogen-bond donors (Lipinski definition) is 11. The number of Topliss-reactive ketones (excluding diaryl/α,β-unsaturated/α-hetero) is 1. The van der Waals surface area contributed by atoms with E-state index in [2.05, 4.69) is 5.32 Å². The Morgan fingerprint density at radius 3 is 1.12 bits per heavy atom. The van der Waals surface area contributed by atoms with Crippen LogP contribution in [0.1, 0.15) is 138 Å². The van der Waals surface area contributed by atoms with Crippen LogP contribution in [0.25, 0.3) is 0 Å². The number of amides is 1. The van der Waals surface area contributed by atoms with Crippen LogP contribution >= 0.6 is 0 Å². The molecule has 0 aromatic carbocycles. The minimum Gasteiger partial charge on any atom is -0.463 e. The smallest absolute Gasteiger partial charge is 0.306 e. The average molecular weight is 1100 g/mol. The maximum Gasteiger partial charge on any atom is 0.306 e. The van der Waals surface area contributed by atoms with Gasteiger partial charge in [-0.2, -0.15) is 0 Å². The lowest BCUT2D eigenvalue weighted by Crippen LogP contribution is -2.44. The molecule has 0 aliphatic carbocycles. The zero-order chi connectivity index (χ0) is 52.3. The molecule has 9 atom stereocenters. The molecule has 456 valence electrons. The Balaban J connectivity index is -0.0000000911. The van der Waals surface area contributed by atoms with Crippen LogP contribution in [-0.2, 0) is 66.5 Å². The van der Waals surface area contributed by atoms with Crippen molar-refractivity contribution in [3.63, 3.8) is 0 Å². The molecule has 0 radical (unpaired) electrons. The lowest BCUT2D eigenvalue weighted by atomic mass is 10.0. The first-order valence-corrected chi connectivity index (χ1v) is 21.8. The molecule has 1 aliphatic heterocycles. The van der Waals surface area contributed by atoms with Crippen LogP contribution in [0, 0.1) is 0 Å². The van der Waals surface area contributed by atoms with Gasteiger partial charge in [0.1, 0.15) is 55.6 Å². The van der Waals surface area contributed by atoms with E-state index in [9.17, 15) is 49.8 Å². The molecule has 1 aliphatic rings. The van der Waals surface area contributed by atoms with Gasteiger partial charge >= 0.3 is 11.9 Å². The number of aliphatic hydroxyl groups is 10. The van der Waals surface area contributed by atoms with Gasteiger partial charge in [0.2, 0.25) is 5.91 Å². The number of esters is 2. The summed E-state index contributed by atoms with van der Waals surface area (Å²) in [6.07, 6.45) is -3.62. The fourth-order valence-corrected chi connectivity index (χ4v) is 5.50. The SMILES string of the molecule is C.C.C.C.C.C.C.CC[C@@](CO)(OC)OC(CO)CO.CC[C@@](CO)(OC)OC(CO)COC(=O)CCC(=O)NC.CC[C@@](CO)(OC)OC(CO)COC(=O)CCC(C)=O.CC[C@@]1(OC)O[C@H](CO)[C@H](O)[C@@H]1O. The number of hydrogen-bond acceptors (Lipinski definition) is 24. The van der Waals surface area contributed by atoms with Gasteiger partial charge in [-0.05, 0) is 6.92 Å². The zero-order valence-electron chi connectivity index (χ0n) is 40.9. The number of rotatable bonds is 32. The van der Waals surface area contributed by atoms with Crippen LogP contribution in [0.4, 0.5) is 0 Å². The lowest BCUT2D eigenvalue weighted by molar-refractivity contribution is -0.274. The van der Waals surface area contributed by atoms with Gasteiger partial charge in [0, 0.05) is 74.0 Å². The normalized spacial score (nSPS) is 19.3. The van der Waals surface area contributed by atoms with Crippen molar-refractivity contribution in [1.29, 1.82) is 0 Å². The quantitative estimate of drug-likeness (QED) is 0.0337. The van der Waals surface area contributed by atoms with Crippen molar-refractivity contribution in [2.75, 3.05) is 102 Å². The van der Waals surface area contributed by atoms with Crippen molar-refractivity contribution in [2.45, 2.75) is 198 Å². The number of carbonyl (C=O) groups excluding carboxylic acids is 4. The molecule has 25 heteroatoms. The maximum atomic E-state index is 11.4. The molecule has 25 nitrogen and oxygen atoms in total. The molecule has 1 saturated heterocycles. The number of ketones is 1. The minimum absolute atomic E-state index is 0. The highest BCUT2D eigenvalue weighted by Gasteiger charge is 2.53. The third kappa shape index (κ3) is 34.9. The first-order chi connectivity index (χ1) is 31.7. The summed E-state index contributed by atoms with van der Waals surface area (Å²) in [6.45, 7) is 5.31. The minimum atomic E-state index is -1.23. The molecule has 1 fully saturated rings. The highest BCUT2D eigenvalue weighted by molar-refractivity contribution is 5.81. The maximum absolute atomic E-state index is 11.4. The zero-order valence-corrected chi connectivity index (χ0v) is 40.9. The van der Waals surface area contributed by atoms with Crippen molar-refractivity contribution >= 4 is 23.6 Å². The van der Waals surface area contributed by atoms with E-state index in [0.29, 0.717) is 25.7 Å². The molecule has 0 aromatic rings. The molecule has 1 amide bonds. The highest BCUT2D eigenvalue weighted by atomic mass is 16.7. The first kappa shape index (κ1) is 93.8. The van der Waals surface area contributed by atoms with Gasteiger partial charge in [0.05, 0.1) is 65.7 Å². The Kier molecular flexibility index (Phi) is 66.5. The highest BCUT2D eigenvalue weighted by Crippen LogP contribution is 2.34. The Bertz CT molecular complexity index is 1250. The van der Waals surface area contributed by atoms with Gasteiger partial charge in [-0.15, -0.1) is 0 Å². The summed E-state index contributed by atoms with van der Waals surface area (Å²) in [6, 6.07) is 0. The average Bonchev–Trinajstić information content (AvgIpc) is 3.62. The summed E-state index contributed by atoms with van der Waals surface area (Å²) in [7, 11) is 7.05. The molecule has 0 aromatic heterocycles. The molecule has 11 N–H and O–H groups in total. The number of methoxy groups -OCH3 is 4. The van der Waals surface area contributed by atoms with E-state index in [1.807, 2.05) is 0 Å². The largest absolute Gasteiger partial charge is 0.463 e. The topological polar surface area (TPSA) is 375 Å². The second-order valence-electron chi connectivity index (χ2n) is 14.7. The van der Waals surface area contributed by atoms with Crippen LogP contribution in [0.2, 0.25) is 0 Å². The lowest BCUT2D eigenvalue weighted by Gasteiger charge is -2.32. The van der Waals surface area contributed by atoms with Gasteiger partial charge in [-0.25, -0.2) is 0 Å². The van der Waals surface area contributed by atoms with E-state index in [1.54, 1.807) is 27.7 Å². The molecule has 0 spiro atoms. The first-order valence-electron chi connectivity index (χ1n) is 21.8. The molecule has 74 heavy (non-hydrogen) atoms. The second-order valence-corrected chi connectivity index (χ2v) is 14.7. The van der Waals surface area contributed by atoms with Gasteiger partial charge < -0.3 is 109 Å². The molecular weight excluding hydrogens is 987 g/mol. The molecule has 0 bridgehead atoms. The molecule has 1 rings (SSSR count). The van der Waals surface area contributed by atoms with Crippen molar-refractivity contribution in [3.8, 4) is 0 Å². The summed E-state index contributed by atoms with van der Waals surface area (Å²) in [4.78, 5) is 44.5. The number of aliphatic hydroxyl groups excluding tert-OH is 10. The van der Waals surface area contributed by atoms with Crippen LogP contribution in [-0.4, -0.2) is 236 Å². The third-order valence-electron chi connectivity index (χ3n) is 10.3. The summed E-state index contributed by atoms with van der Waals surface area (Å²) < 4.78 is 51.4. The van der Waals surface area contributed by atoms with Crippen LogP contribution < -0.4 is 5.32 Å². The third-order valence-corrected chi connectivity index (χ3v) is 10.3. The molecular formula is C49H111NO24.